The molecule has 1 aliphatic carbocycles. The molecule has 2 saturated heterocycles. The molecule has 1 atom stereocenters. The lowest BCUT2D eigenvalue weighted by Gasteiger charge is -2.33. The van der Waals surface area contributed by atoms with Gasteiger partial charge in [-0.25, -0.2) is 0 Å². The quantitative estimate of drug-likeness (QED) is 0.858. The van der Waals surface area contributed by atoms with Crippen molar-refractivity contribution in [1.29, 1.82) is 0 Å². The molecule has 3 amide bonds. The Kier molecular flexibility index (Phi) is 5.08. The zero-order valence-corrected chi connectivity index (χ0v) is 16.0. The predicted molar refractivity (Wildman–Crippen MR) is 102 cm³/mol. The summed E-state index contributed by atoms with van der Waals surface area (Å²) in [5.74, 6) is 0.0566. The van der Waals surface area contributed by atoms with E-state index in [1.165, 1.54) is 0 Å². The van der Waals surface area contributed by atoms with E-state index in [0.717, 1.165) is 31.4 Å². The number of anilines is 1. The van der Waals surface area contributed by atoms with Crippen LogP contribution >= 0.6 is 11.6 Å². The number of nitrogens with one attached hydrogen (secondary N) is 1. The van der Waals surface area contributed by atoms with E-state index in [-0.39, 0.29) is 42.0 Å². The number of carbonyl (C=O) groups is 3. The van der Waals surface area contributed by atoms with Gasteiger partial charge in [-0.15, -0.1) is 0 Å². The molecular formula is C20H24ClN3O3. The zero-order chi connectivity index (χ0) is 19.0. The molecule has 6 nitrogen and oxygen atoms in total. The van der Waals surface area contributed by atoms with Crippen LogP contribution in [0.15, 0.2) is 24.3 Å². The first-order valence-corrected chi connectivity index (χ1v) is 10.0. The second-order valence-corrected chi connectivity index (χ2v) is 8.20. The van der Waals surface area contributed by atoms with Crippen molar-refractivity contribution < 1.29 is 14.4 Å². The van der Waals surface area contributed by atoms with Gasteiger partial charge < -0.3 is 15.1 Å². The SMILES string of the molecule is O=C(NC1CCN(C(=O)C2CC2)CC1)[C@H]1CC(=O)N(c2cccc(Cl)c2)C1. The Morgan fingerprint density at radius 2 is 1.81 bits per heavy atom. The van der Waals surface area contributed by atoms with Crippen LogP contribution in [0.3, 0.4) is 0 Å². The van der Waals surface area contributed by atoms with Crippen molar-refractivity contribution in [1.82, 2.24) is 10.2 Å². The fraction of sp³-hybridized carbons (Fsp3) is 0.550. The second kappa shape index (κ2) is 7.50. The van der Waals surface area contributed by atoms with E-state index < -0.39 is 0 Å². The lowest BCUT2D eigenvalue weighted by molar-refractivity contribution is -0.134. The molecule has 2 aliphatic heterocycles. The monoisotopic (exact) mass is 389 g/mol. The Morgan fingerprint density at radius 1 is 1.07 bits per heavy atom. The molecule has 7 heteroatoms. The molecule has 0 unspecified atom stereocenters. The standard InChI is InChI=1S/C20H24ClN3O3/c21-15-2-1-3-17(11-15)24-12-14(10-18(24)25)19(26)22-16-6-8-23(9-7-16)20(27)13-4-5-13/h1-3,11,13-14,16H,4-10,12H2,(H,22,26)/t14-/m0/s1. The van der Waals surface area contributed by atoms with Crippen LogP contribution in [0.4, 0.5) is 5.69 Å². The number of rotatable bonds is 4. The number of likely N-dealkylation sites (tertiary alicyclic amines) is 1. The van der Waals surface area contributed by atoms with Crippen molar-refractivity contribution >= 4 is 35.0 Å². The van der Waals surface area contributed by atoms with Gasteiger partial charge in [-0.1, -0.05) is 17.7 Å². The van der Waals surface area contributed by atoms with Crippen molar-refractivity contribution in [3.63, 3.8) is 0 Å². The van der Waals surface area contributed by atoms with E-state index in [0.29, 0.717) is 24.7 Å². The van der Waals surface area contributed by atoms with Crippen LogP contribution in [-0.4, -0.2) is 48.3 Å². The van der Waals surface area contributed by atoms with Gasteiger partial charge >= 0.3 is 0 Å². The smallest absolute Gasteiger partial charge is 0.227 e. The minimum Gasteiger partial charge on any atom is -0.353 e. The highest BCUT2D eigenvalue weighted by Crippen LogP contribution is 2.32. The maximum absolute atomic E-state index is 12.6. The van der Waals surface area contributed by atoms with Crippen molar-refractivity contribution in [2.45, 2.75) is 38.1 Å². The highest BCUT2D eigenvalue weighted by Gasteiger charge is 2.38. The van der Waals surface area contributed by atoms with E-state index in [1.54, 1.807) is 23.1 Å². The van der Waals surface area contributed by atoms with E-state index >= 15 is 0 Å². The van der Waals surface area contributed by atoms with E-state index in [9.17, 15) is 14.4 Å². The van der Waals surface area contributed by atoms with Crippen LogP contribution < -0.4 is 10.2 Å². The van der Waals surface area contributed by atoms with Crippen LogP contribution in [0.2, 0.25) is 5.02 Å². The molecule has 4 rings (SSSR count). The maximum atomic E-state index is 12.6. The largest absolute Gasteiger partial charge is 0.353 e. The van der Waals surface area contributed by atoms with Crippen molar-refractivity contribution in [2.75, 3.05) is 24.5 Å². The zero-order valence-electron chi connectivity index (χ0n) is 15.2. The summed E-state index contributed by atoms with van der Waals surface area (Å²) in [6.45, 7) is 1.79. The van der Waals surface area contributed by atoms with E-state index in [4.69, 9.17) is 11.6 Å². The first-order valence-electron chi connectivity index (χ1n) is 9.66. The Hall–Kier alpha value is -2.08. The molecule has 144 valence electrons. The molecule has 0 spiro atoms. The Morgan fingerprint density at radius 3 is 2.48 bits per heavy atom. The minimum atomic E-state index is -0.345. The molecule has 1 saturated carbocycles. The first-order chi connectivity index (χ1) is 13.0. The highest BCUT2D eigenvalue weighted by molar-refractivity contribution is 6.31. The van der Waals surface area contributed by atoms with Crippen LogP contribution in [0.5, 0.6) is 0 Å². The van der Waals surface area contributed by atoms with Crippen LogP contribution in [0.25, 0.3) is 0 Å². The van der Waals surface area contributed by atoms with E-state index in [1.807, 2.05) is 11.0 Å². The molecule has 3 fully saturated rings. The predicted octanol–water partition coefficient (Wildman–Crippen LogP) is 2.21. The number of hydrogen-bond donors (Lipinski definition) is 1. The topological polar surface area (TPSA) is 69.7 Å². The normalized spacial score (nSPS) is 23.6. The van der Waals surface area contributed by atoms with Gasteiger partial charge in [0.05, 0.1) is 5.92 Å². The molecule has 3 aliphatic rings. The molecule has 27 heavy (non-hydrogen) atoms. The summed E-state index contributed by atoms with van der Waals surface area (Å²) in [6.07, 6.45) is 3.83. The summed E-state index contributed by atoms with van der Waals surface area (Å²) < 4.78 is 0. The third-order valence-electron chi connectivity index (χ3n) is 5.70. The van der Waals surface area contributed by atoms with Gasteiger partial charge in [0.25, 0.3) is 0 Å². The van der Waals surface area contributed by atoms with Gasteiger partial charge in [0.2, 0.25) is 17.7 Å². The van der Waals surface area contributed by atoms with Crippen molar-refractivity contribution in [3.05, 3.63) is 29.3 Å². The Bertz CT molecular complexity index is 757. The van der Waals surface area contributed by atoms with Gasteiger partial charge in [-0.2, -0.15) is 0 Å². The maximum Gasteiger partial charge on any atom is 0.227 e. The molecule has 1 N–H and O–H groups in total. The third-order valence-corrected chi connectivity index (χ3v) is 5.93. The average Bonchev–Trinajstić information content (AvgIpc) is 3.43. The third kappa shape index (κ3) is 4.10. The Labute approximate surface area is 163 Å². The van der Waals surface area contributed by atoms with Crippen molar-refractivity contribution in [3.8, 4) is 0 Å². The molecule has 0 bridgehead atoms. The van der Waals surface area contributed by atoms with Crippen molar-refractivity contribution in [2.24, 2.45) is 11.8 Å². The lowest BCUT2D eigenvalue weighted by Crippen LogP contribution is -2.48. The number of hydrogen-bond acceptors (Lipinski definition) is 3. The van der Waals surface area contributed by atoms with Gasteiger partial charge in [-0.3, -0.25) is 14.4 Å². The number of amides is 3. The summed E-state index contributed by atoms with van der Waals surface area (Å²) in [6, 6.07) is 7.21. The van der Waals surface area contributed by atoms with Gasteiger partial charge in [-0.05, 0) is 43.9 Å². The van der Waals surface area contributed by atoms with Crippen LogP contribution in [0, 0.1) is 11.8 Å². The van der Waals surface area contributed by atoms with Gasteiger partial charge in [0, 0.05) is 48.7 Å². The fourth-order valence-electron chi connectivity index (χ4n) is 3.93. The number of piperidine rings is 1. The van der Waals surface area contributed by atoms with Gasteiger partial charge in [0.1, 0.15) is 0 Å². The van der Waals surface area contributed by atoms with Gasteiger partial charge in [0.15, 0.2) is 0 Å². The average molecular weight is 390 g/mol. The lowest BCUT2D eigenvalue weighted by atomic mass is 10.0. The second-order valence-electron chi connectivity index (χ2n) is 7.77. The van der Waals surface area contributed by atoms with Crippen LogP contribution in [0.1, 0.15) is 32.1 Å². The molecule has 2 heterocycles. The summed E-state index contributed by atoms with van der Waals surface area (Å²) in [5, 5.41) is 3.66. The fourth-order valence-corrected chi connectivity index (χ4v) is 4.11. The summed E-state index contributed by atoms with van der Waals surface area (Å²) in [4.78, 5) is 40.7. The van der Waals surface area contributed by atoms with Crippen LogP contribution in [-0.2, 0) is 14.4 Å². The summed E-state index contributed by atoms with van der Waals surface area (Å²) >= 11 is 6.01. The summed E-state index contributed by atoms with van der Waals surface area (Å²) in [7, 11) is 0. The number of halogens is 1. The molecule has 0 radical (unpaired) electrons. The number of nitrogens with zero attached hydrogens (tertiary/aromatic N) is 2. The first kappa shape index (κ1) is 18.3. The highest BCUT2D eigenvalue weighted by atomic mass is 35.5. The Balaban J connectivity index is 1.29. The number of carbonyl (C=O) groups excluding carboxylic acids is 3. The minimum absolute atomic E-state index is 0.0535. The number of benzene rings is 1. The molecular weight excluding hydrogens is 366 g/mol. The summed E-state index contributed by atoms with van der Waals surface area (Å²) in [5.41, 5.74) is 0.731. The molecule has 1 aromatic rings. The van der Waals surface area contributed by atoms with E-state index in [2.05, 4.69) is 5.32 Å². The molecule has 1 aromatic carbocycles. The molecule has 0 aromatic heterocycles.